The van der Waals surface area contributed by atoms with Gasteiger partial charge < -0.3 is 14.2 Å². The number of benzene rings is 2. The van der Waals surface area contributed by atoms with E-state index in [1.165, 1.54) is 24.8 Å². The van der Waals surface area contributed by atoms with Crippen molar-refractivity contribution in [1.82, 2.24) is 9.13 Å². The van der Waals surface area contributed by atoms with Gasteiger partial charge in [0.25, 0.3) is 0 Å². The van der Waals surface area contributed by atoms with E-state index in [0.717, 1.165) is 60.0 Å². The van der Waals surface area contributed by atoms with Crippen LogP contribution in [0.5, 0.6) is 0 Å². The van der Waals surface area contributed by atoms with Gasteiger partial charge in [-0.05, 0) is 61.1 Å². The van der Waals surface area contributed by atoms with Crippen molar-refractivity contribution in [3.8, 4) is 11.3 Å². The van der Waals surface area contributed by atoms with Crippen LogP contribution >= 0.6 is 0 Å². The topological polar surface area (TPSA) is 47.2 Å². The van der Waals surface area contributed by atoms with Crippen LogP contribution in [0.15, 0.2) is 42.6 Å². The van der Waals surface area contributed by atoms with E-state index in [0.29, 0.717) is 16.9 Å². The van der Waals surface area contributed by atoms with Crippen molar-refractivity contribution in [3.63, 3.8) is 0 Å². The van der Waals surface area contributed by atoms with Gasteiger partial charge in [0.1, 0.15) is 5.82 Å². The van der Waals surface area contributed by atoms with E-state index < -0.39 is 5.97 Å². The summed E-state index contributed by atoms with van der Waals surface area (Å²) in [7, 11) is 0. The number of carboxylic acid groups (broad SMARTS) is 1. The van der Waals surface area contributed by atoms with Gasteiger partial charge in [-0.15, -0.1) is 0 Å². The molecule has 3 heterocycles. The molecule has 0 unspecified atom stereocenters. The van der Waals surface area contributed by atoms with Gasteiger partial charge in [0.05, 0.1) is 16.8 Å². The molecule has 2 aromatic heterocycles. The molecule has 4 aromatic rings. The van der Waals surface area contributed by atoms with Gasteiger partial charge >= 0.3 is 5.97 Å². The molecule has 0 radical (unpaired) electrons. The number of aromatic carboxylic acids is 1. The fourth-order valence-corrected chi connectivity index (χ4v) is 5.90. The Bertz CT molecular complexity index is 1340. The largest absolute Gasteiger partial charge is 0.478 e. The minimum Gasteiger partial charge on any atom is -0.478 e. The summed E-state index contributed by atoms with van der Waals surface area (Å²) in [6.45, 7) is 1.63. The maximum atomic E-state index is 14.7. The lowest BCUT2D eigenvalue weighted by molar-refractivity contribution is 0.0697. The highest BCUT2D eigenvalue weighted by molar-refractivity contribution is 6.02. The highest BCUT2D eigenvalue weighted by atomic mass is 19.1. The highest BCUT2D eigenvalue weighted by Gasteiger charge is 2.29. The van der Waals surface area contributed by atoms with Crippen molar-refractivity contribution < 1.29 is 14.3 Å². The molecule has 0 bridgehead atoms. The van der Waals surface area contributed by atoms with E-state index >= 15 is 0 Å². The molecule has 0 saturated heterocycles. The molecule has 1 fully saturated rings. The Balaban J connectivity index is 1.74. The van der Waals surface area contributed by atoms with Gasteiger partial charge in [-0.2, -0.15) is 0 Å². The third kappa shape index (κ3) is 2.75. The molecule has 2 aromatic carbocycles. The second kappa shape index (κ2) is 6.98. The van der Waals surface area contributed by atoms with Crippen LogP contribution in [0.25, 0.3) is 33.1 Å². The van der Waals surface area contributed by atoms with Crippen molar-refractivity contribution in [2.24, 2.45) is 0 Å². The SMILES string of the molecule is O=C(O)c1ccc2c(C3CCCCC3)c3n(c2c1)CCCn1ccc2c(F)ccc-3c21. The van der Waals surface area contributed by atoms with E-state index in [4.69, 9.17) is 0 Å². The molecule has 2 aliphatic rings. The Kier molecular flexibility index (Phi) is 4.20. The number of aromatic nitrogens is 2. The first-order chi connectivity index (χ1) is 15.1. The molecule has 1 N–H and O–H groups in total. The molecule has 0 spiro atoms. The van der Waals surface area contributed by atoms with Gasteiger partial charge in [0.15, 0.2) is 0 Å². The predicted octanol–water partition coefficient (Wildman–Crippen LogP) is 6.55. The summed E-state index contributed by atoms with van der Waals surface area (Å²) in [5.74, 6) is -0.639. The Morgan fingerprint density at radius 3 is 2.61 bits per heavy atom. The zero-order valence-corrected chi connectivity index (χ0v) is 17.4. The van der Waals surface area contributed by atoms with Crippen LogP contribution in [-0.4, -0.2) is 20.2 Å². The van der Waals surface area contributed by atoms with Gasteiger partial charge in [-0.3, -0.25) is 0 Å². The Labute approximate surface area is 179 Å². The summed E-state index contributed by atoms with van der Waals surface area (Å²) >= 11 is 0. The van der Waals surface area contributed by atoms with E-state index in [9.17, 15) is 14.3 Å². The minimum atomic E-state index is -0.902. The van der Waals surface area contributed by atoms with Crippen LogP contribution in [0, 0.1) is 5.82 Å². The molecular formula is C26H25FN2O2. The third-order valence-electron chi connectivity index (χ3n) is 7.27. The molecule has 158 valence electrons. The first-order valence-corrected chi connectivity index (χ1v) is 11.3. The average Bonchev–Trinajstić information content (AvgIpc) is 3.33. The lowest BCUT2D eigenvalue weighted by Crippen LogP contribution is -2.11. The normalized spacial score (nSPS) is 16.9. The van der Waals surface area contributed by atoms with Crippen LogP contribution < -0.4 is 0 Å². The zero-order valence-electron chi connectivity index (χ0n) is 17.4. The number of fused-ring (bicyclic) bond motifs is 4. The predicted molar refractivity (Wildman–Crippen MR) is 120 cm³/mol. The lowest BCUT2D eigenvalue weighted by atomic mass is 9.81. The third-order valence-corrected chi connectivity index (χ3v) is 7.27. The van der Waals surface area contributed by atoms with Crippen molar-refractivity contribution in [1.29, 1.82) is 0 Å². The summed E-state index contributed by atoms with van der Waals surface area (Å²) in [5.41, 5.74) is 5.82. The molecule has 0 atom stereocenters. The summed E-state index contributed by atoms with van der Waals surface area (Å²) in [4.78, 5) is 11.7. The number of carboxylic acids is 1. The molecule has 1 saturated carbocycles. The van der Waals surface area contributed by atoms with Gasteiger partial charge in [-0.1, -0.05) is 25.3 Å². The number of rotatable bonds is 2. The number of halogens is 1. The quantitative estimate of drug-likeness (QED) is 0.403. The summed E-state index contributed by atoms with van der Waals surface area (Å²) < 4.78 is 19.2. The second-order valence-electron chi connectivity index (χ2n) is 9.01. The Morgan fingerprint density at radius 1 is 0.968 bits per heavy atom. The van der Waals surface area contributed by atoms with Crippen molar-refractivity contribution in [2.45, 2.75) is 57.5 Å². The monoisotopic (exact) mass is 416 g/mol. The standard InChI is InChI=1S/C26H25FN2O2/c27-21-10-9-20-24-18(21)11-14-28(24)12-4-13-29-22-15-17(26(30)31)7-8-19(22)23(25(20)29)16-5-2-1-3-6-16/h7-11,14-16H,1-6,12-13H2,(H,30,31). The highest BCUT2D eigenvalue weighted by Crippen LogP contribution is 2.46. The number of nitrogens with zero attached hydrogens (tertiary/aromatic N) is 2. The Hall–Kier alpha value is -3.08. The number of hydrogen-bond acceptors (Lipinski definition) is 1. The summed E-state index contributed by atoms with van der Waals surface area (Å²) in [5, 5.41) is 11.4. The van der Waals surface area contributed by atoms with E-state index in [2.05, 4.69) is 9.13 Å². The van der Waals surface area contributed by atoms with E-state index in [1.54, 1.807) is 12.1 Å². The first kappa shape index (κ1) is 18.7. The molecule has 1 aliphatic carbocycles. The van der Waals surface area contributed by atoms with Crippen LogP contribution in [0.1, 0.15) is 60.4 Å². The van der Waals surface area contributed by atoms with E-state index in [1.807, 2.05) is 30.5 Å². The van der Waals surface area contributed by atoms with Crippen molar-refractivity contribution in [3.05, 3.63) is 59.5 Å². The average molecular weight is 416 g/mol. The van der Waals surface area contributed by atoms with Crippen LogP contribution in [0.4, 0.5) is 4.39 Å². The molecule has 31 heavy (non-hydrogen) atoms. The lowest BCUT2D eigenvalue weighted by Gasteiger charge is -2.25. The smallest absolute Gasteiger partial charge is 0.335 e. The van der Waals surface area contributed by atoms with Crippen molar-refractivity contribution >= 4 is 27.8 Å². The molecule has 4 nitrogen and oxygen atoms in total. The zero-order chi connectivity index (χ0) is 21.1. The number of carbonyl (C=O) groups is 1. The van der Waals surface area contributed by atoms with Gasteiger partial charge in [0.2, 0.25) is 0 Å². The molecule has 0 amide bonds. The number of aryl methyl sites for hydroxylation is 2. The molecule has 6 rings (SSSR count). The summed E-state index contributed by atoms with van der Waals surface area (Å²) in [6, 6.07) is 11.0. The van der Waals surface area contributed by atoms with Crippen LogP contribution in [0.2, 0.25) is 0 Å². The van der Waals surface area contributed by atoms with Crippen LogP contribution in [-0.2, 0) is 13.1 Å². The molecular weight excluding hydrogens is 391 g/mol. The fraction of sp³-hybridized carbons (Fsp3) is 0.346. The number of hydrogen-bond donors (Lipinski definition) is 1. The maximum absolute atomic E-state index is 14.7. The molecule has 5 heteroatoms. The summed E-state index contributed by atoms with van der Waals surface area (Å²) in [6.07, 6.45) is 8.93. The van der Waals surface area contributed by atoms with Gasteiger partial charge in [-0.25, -0.2) is 9.18 Å². The van der Waals surface area contributed by atoms with Crippen LogP contribution in [0.3, 0.4) is 0 Å². The van der Waals surface area contributed by atoms with Gasteiger partial charge in [0, 0.05) is 41.1 Å². The second-order valence-corrected chi connectivity index (χ2v) is 9.01. The maximum Gasteiger partial charge on any atom is 0.335 e. The minimum absolute atomic E-state index is 0.187. The Morgan fingerprint density at radius 2 is 1.81 bits per heavy atom. The fourth-order valence-electron chi connectivity index (χ4n) is 5.90. The van der Waals surface area contributed by atoms with E-state index in [-0.39, 0.29) is 5.82 Å². The van der Waals surface area contributed by atoms with Crippen molar-refractivity contribution in [2.75, 3.05) is 0 Å². The first-order valence-electron chi connectivity index (χ1n) is 11.3. The molecule has 1 aliphatic heterocycles.